The minimum absolute atomic E-state index is 0.159. The van der Waals surface area contributed by atoms with E-state index in [-0.39, 0.29) is 5.41 Å². The van der Waals surface area contributed by atoms with Gasteiger partial charge in [0.15, 0.2) is 0 Å². The second kappa shape index (κ2) is 2.76. The number of rotatable bonds is 0. The number of aromatic nitrogens is 2. The van der Waals surface area contributed by atoms with Gasteiger partial charge < -0.3 is 5.32 Å². The molecule has 0 aliphatic carbocycles. The number of hydrogen-bond acceptors (Lipinski definition) is 2. The van der Waals surface area contributed by atoms with E-state index in [9.17, 15) is 0 Å². The Labute approximate surface area is 79.1 Å². The van der Waals surface area contributed by atoms with Crippen LogP contribution >= 0.6 is 0 Å². The number of hydrogen-bond donors (Lipinski definition) is 1. The predicted molar refractivity (Wildman–Crippen MR) is 54.0 cm³/mol. The summed E-state index contributed by atoms with van der Waals surface area (Å²) in [5, 5.41) is 7.93. The Morgan fingerprint density at radius 2 is 2.23 bits per heavy atom. The maximum atomic E-state index is 4.58. The lowest BCUT2D eigenvalue weighted by Gasteiger charge is -2.15. The zero-order valence-corrected chi connectivity index (χ0v) is 8.59. The van der Waals surface area contributed by atoms with Gasteiger partial charge in [0.1, 0.15) is 5.82 Å². The molecule has 1 aromatic heterocycles. The quantitative estimate of drug-likeness (QED) is 0.660. The number of anilines is 1. The van der Waals surface area contributed by atoms with E-state index in [1.807, 2.05) is 0 Å². The van der Waals surface area contributed by atoms with Crippen molar-refractivity contribution in [2.24, 2.45) is 0 Å². The van der Waals surface area contributed by atoms with Gasteiger partial charge in [0.05, 0.1) is 5.69 Å². The standard InChI is InChI=1S/C10H17N3/c1-10(2,3)8-7-9-11-5-4-6-13(9)12-8/h7,11H,4-6H2,1-3H3. The van der Waals surface area contributed by atoms with Crippen molar-refractivity contribution in [1.29, 1.82) is 0 Å². The summed E-state index contributed by atoms with van der Waals surface area (Å²) in [7, 11) is 0. The molecule has 2 heterocycles. The van der Waals surface area contributed by atoms with Gasteiger partial charge >= 0.3 is 0 Å². The van der Waals surface area contributed by atoms with Gasteiger partial charge in [0, 0.05) is 24.6 Å². The van der Waals surface area contributed by atoms with Crippen molar-refractivity contribution < 1.29 is 0 Å². The van der Waals surface area contributed by atoms with Gasteiger partial charge in [-0.2, -0.15) is 5.10 Å². The average molecular weight is 179 g/mol. The Hall–Kier alpha value is -0.990. The largest absolute Gasteiger partial charge is 0.370 e. The molecular weight excluding hydrogens is 162 g/mol. The molecule has 0 amide bonds. The van der Waals surface area contributed by atoms with Crippen molar-refractivity contribution in [2.45, 2.75) is 39.2 Å². The van der Waals surface area contributed by atoms with E-state index in [1.165, 1.54) is 17.9 Å². The second-order valence-electron chi connectivity index (χ2n) is 4.67. The first-order valence-corrected chi connectivity index (χ1v) is 4.89. The Bertz CT molecular complexity index is 283. The first-order chi connectivity index (χ1) is 6.07. The molecule has 1 aromatic rings. The fraction of sp³-hybridized carbons (Fsp3) is 0.700. The van der Waals surface area contributed by atoms with Gasteiger partial charge in [0.25, 0.3) is 0 Å². The van der Waals surface area contributed by atoms with Gasteiger partial charge in [-0.25, -0.2) is 4.68 Å². The summed E-state index contributed by atoms with van der Waals surface area (Å²) in [5.74, 6) is 1.18. The second-order valence-corrected chi connectivity index (χ2v) is 4.67. The molecule has 0 unspecified atom stereocenters. The van der Waals surface area contributed by atoms with Gasteiger partial charge in [0.2, 0.25) is 0 Å². The molecule has 0 bridgehead atoms. The van der Waals surface area contributed by atoms with E-state index in [0.717, 1.165) is 13.1 Å². The smallest absolute Gasteiger partial charge is 0.124 e. The van der Waals surface area contributed by atoms with Crippen LogP contribution in [0, 0.1) is 0 Å². The lowest BCUT2D eigenvalue weighted by molar-refractivity contribution is 0.518. The summed E-state index contributed by atoms with van der Waals surface area (Å²) in [6.07, 6.45) is 1.18. The maximum Gasteiger partial charge on any atom is 0.124 e. The van der Waals surface area contributed by atoms with E-state index < -0.39 is 0 Å². The zero-order chi connectivity index (χ0) is 9.47. The first kappa shape index (κ1) is 8.60. The number of aryl methyl sites for hydroxylation is 1. The molecule has 2 rings (SSSR count). The highest BCUT2D eigenvalue weighted by atomic mass is 15.3. The van der Waals surface area contributed by atoms with Crippen LogP contribution in [0.3, 0.4) is 0 Å². The Morgan fingerprint density at radius 3 is 2.85 bits per heavy atom. The van der Waals surface area contributed by atoms with Crippen molar-refractivity contribution in [3.8, 4) is 0 Å². The van der Waals surface area contributed by atoms with Gasteiger partial charge in [-0.1, -0.05) is 20.8 Å². The molecule has 0 atom stereocenters. The Kier molecular flexibility index (Phi) is 1.82. The molecule has 3 nitrogen and oxygen atoms in total. The van der Waals surface area contributed by atoms with Gasteiger partial charge in [-0.3, -0.25) is 0 Å². The molecule has 0 aromatic carbocycles. The van der Waals surface area contributed by atoms with Gasteiger partial charge in [-0.15, -0.1) is 0 Å². The normalized spacial score (nSPS) is 16.5. The van der Waals surface area contributed by atoms with Crippen LogP contribution in [0.15, 0.2) is 6.07 Å². The molecule has 72 valence electrons. The van der Waals surface area contributed by atoms with E-state index in [0.29, 0.717) is 0 Å². The zero-order valence-electron chi connectivity index (χ0n) is 8.59. The third-order valence-electron chi connectivity index (χ3n) is 2.40. The molecule has 0 fully saturated rings. The van der Waals surface area contributed by atoms with Crippen LogP contribution in [-0.2, 0) is 12.0 Å². The molecule has 0 spiro atoms. The highest BCUT2D eigenvalue weighted by molar-refractivity contribution is 5.40. The fourth-order valence-corrected chi connectivity index (χ4v) is 1.54. The summed E-state index contributed by atoms with van der Waals surface area (Å²) in [6, 6.07) is 2.17. The SMILES string of the molecule is CC(C)(C)c1cc2n(n1)CCCN2. The van der Waals surface area contributed by atoms with E-state index in [1.54, 1.807) is 0 Å². The van der Waals surface area contributed by atoms with Crippen LogP contribution in [0.2, 0.25) is 0 Å². The lowest BCUT2D eigenvalue weighted by Crippen LogP contribution is -2.18. The van der Waals surface area contributed by atoms with Crippen molar-refractivity contribution in [2.75, 3.05) is 11.9 Å². The first-order valence-electron chi connectivity index (χ1n) is 4.89. The third kappa shape index (κ3) is 1.55. The van der Waals surface area contributed by atoms with Crippen LogP contribution in [0.4, 0.5) is 5.82 Å². The highest BCUT2D eigenvalue weighted by Crippen LogP contribution is 2.25. The molecule has 3 heteroatoms. The summed E-state index contributed by atoms with van der Waals surface area (Å²) in [6.45, 7) is 8.72. The molecular formula is C10H17N3. The van der Waals surface area contributed by atoms with Crippen LogP contribution in [0.1, 0.15) is 32.9 Å². The monoisotopic (exact) mass is 179 g/mol. The number of fused-ring (bicyclic) bond motifs is 1. The van der Waals surface area contributed by atoms with Crippen LogP contribution in [0.5, 0.6) is 0 Å². The van der Waals surface area contributed by atoms with Crippen LogP contribution in [0.25, 0.3) is 0 Å². The topological polar surface area (TPSA) is 29.9 Å². The highest BCUT2D eigenvalue weighted by Gasteiger charge is 2.20. The fourth-order valence-electron chi connectivity index (χ4n) is 1.54. The third-order valence-corrected chi connectivity index (χ3v) is 2.40. The maximum absolute atomic E-state index is 4.58. The molecule has 1 aliphatic heterocycles. The van der Waals surface area contributed by atoms with Crippen molar-refractivity contribution in [3.05, 3.63) is 11.8 Å². The summed E-state index contributed by atoms with van der Waals surface area (Å²) >= 11 is 0. The minimum Gasteiger partial charge on any atom is -0.370 e. The molecule has 0 radical (unpaired) electrons. The lowest BCUT2D eigenvalue weighted by atomic mass is 9.92. The molecule has 1 aliphatic rings. The van der Waals surface area contributed by atoms with Crippen molar-refractivity contribution in [3.63, 3.8) is 0 Å². The minimum atomic E-state index is 0.159. The summed E-state index contributed by atoms with van der Waals surface area (Å²) in [4.78, 5) is 0. The van der Waals surface area contributed by atoms with Gasteiger partial charge in [-0.05, 0) is 6.42 Å². The van der Waals surface area contributed by atoms with Crippen LogP contribution in [-0.4, -0.2) is 16.3 Å². The number of nitrogens with one attached hydrogen (secondary N) is 1. The van der Waals surface area contributed by atoms with Crippen molar-refractivity contribution >= 4 is 5.82 Å². The Balaban J connectivity index is 2.36. The van der Waals surface area contributed by atoms with E-state index in [4.69, 9.17) is 0 Å². The van der Waals surface area contributed by atoms with E-state index >= 15 is 0 Å². The average Bonchev–Trinajstić information content (AvgIpc) is 2.45. The Morgan fingerprint density at radius 1 is 1.46 bits per heavy atom. The molecule has 0 saturated heterocycles. The van der Waals surface area contributed by atoms with Crippen LogP contribution < -0.4 is 5.32 Å². The molecule has 1 N–H and O–H groups in total. The van der Waals surface area contributed by atoms with E-state index in [2.05, 4.69) is 41.9 Å². The molecule has 13 heavy (non-hydrogen) atoms. The number of nitrogens with zero attached hydrogens (tertiary/aromatic N) is 2. The van der Waals surface area contributed by atoms with Crippen molar-refractivity contribution in [1.82, 2.24) is 9.78 Å². The summed E-state index contributed by atoms with van der Waals surface area (Å²) in [5.41, 5.74) is 1.34. The predicted octanol–water partition coefficient (Wildman–Crippen LogP) is 2.00. The molecule has 0 saturated carbocycles. The summed E-state index contributed by atoms with van der Waals surface area (Å²) < 4.78 is 2.07.